The van der Waals surface area contributed by atoms with Crippen LogP contribution in [0, 0.1) is 0 Å². The molecule has 1 aromatic carbocycles. The van der Waals surface area contributed by atoms with Crippen molar-refractivity contribution in [3.05, 3.63) is 53.9 Å². The van der Waals surface area contributed by atoms with Gasteiger partial charge in [-0.3, -0.25) is 0 Å². The first-order valence-corrected chi connectivity index (χ1v) is 5.06. The maximum Gasteiger partial charge on any atom is 0.0984 e. The Bertz CT molecular complexity index is 410. The number of nitrogens with one attached hydrogen (secondary N) is 1. The summed E-state index contributed by atoms with van der Waals surface area (Å²) in [5.41, 5.74) is 2.69. The lowest BCUT2D eigenvalue weighted by Crippen LogP contribution is -2.06. The summed E-state index contributed by atoms with van der Waals surface area (Å²) in [6, 6.07) is 7.79. The number of hydrogen-bond acceptors (Lipinski definition) is 1. The Morgan fingerprint density at radius 3 is 2.79 bits per heavy atom. The highest BCUT2D eigenvalue weighted by molar-refractivity contribution is 6.49. The number of fused-ring (bicyclic) bond motifs is 1. The van der Waals surface area contributed by atoms with E-state index in [1.54, 1.807) is 6.20 Å². The van der Waals surface area contributed by atoms with Gasteiger partial charge in [0.25, 0.3) is 0 Å². The van der Waals surface area contributed by atoms with Gasteiger partial charge in [-0.1, -0.05) is 42.4 Å². The van der Waals surface area contributed by atoms with Gasteiger partial charge in [0.1, 0.15) is 0 Å². The molecule has 0 saturated carbocycles. The average Bonchev–Trinajstić information content (AvgIpc) is 2.33. The number of halogens is 2. The third kappa shape index (κ3) is 1.54. The molecule has 14 heavy (non-hydrogen) atoms. The minimum atomic E-state index is -0.237. The van der Waals surface area contributed by atoms with E-state index in [9.17, 15) is 0 Å². The molecule has 0 bridgehead atoms. The molecular weight excluding hydrogens is 217 g/mol. The standard InChI is InChI=1S/C11H9Cl2N/c1-7-11(13)9-5-3-2-4-8(9)10(12)6-14-7/h2-6,11,14H,1H2. The number of alkyl halides is 1. The van der Waals surface area contributed by atoms with Crippen molar-refractivity contribution in [2.75, 3.05) is 0 Å². The molecule has 0 radical (unpaired) electrons. The number of hydrogen-bond donors (Lipinski definition) is 1. The Kier molecular flexibility index (Phi) is 2.53. The smallest absolute Gasteiger partial charge is 0.0984 e. The lowest BCUT2D eigenvalue weighted by atomic mass is 10.0. The lowest BCUT2D eigenvalue weighted by molar-refractivity contribution is 0.965. The van der Waals surface area contributed by atoms with E-state index in [1.807, 2.05) is 24.3 Å². The fourth-order valence-electron chi connectivity index (χ4n) is 1.43. The van der Waals surface area contributed by atoms with Gasteiger partial charge in [-0.05, 0) is 11.1 Å². The molecule has 1 aliphatic rings. The summed E-state index contributed by atoms with van der Waals surface area (Å²) in [6.07, 6.45) is 1.71. The lowest BCUT2D eigenvalue weighted by Gasteiger charge is -2.12. The van der Waals surface area contributed by atoms with Crippen LogP contribution in [0.25, 0.3) is 5.03 Å². The number of rotatable bonds is 0. The summed E-state index contributed by atoms with van der Waals surface area (Å²) in [4.78, 5) is 0. The highest BCUT2D eigenvalue weighted by Crippen LogP contribution is 2.35. The maximum atomic E-state index is 6.21. The summed E-state index contributed by atoms with van der Waals surface area (Å²) in [7, 11) is 0. The van der Waals surface area contributed by atoms with Crippen LogP contribution in [0.1, 0.15) is 16.5 Å². The fraction of sp³-hybridized carbons (Fsp3) is 0.0909. The first-order valence-electron chi connectivity index (χ1n) is 4.24. The van der Waals surface area contributed by atoms with Crippen LogP contribution >= 0.6 is 23.2 Å². The van der Waals surface area contributed by atoms with Gasteiger partial charge in [-0.15, -0.1) is 11.6 Å². The van der Waals surface area contributed by atoms with Crippen LogP contribution in [0.5, 0.6) is 0 Å². The molecule has 1 unspecified atom stereocenters. The van der Waals surface area contributed by atoms with Crippen molar-refractivity contribution in [3.8, 4) is 0 Å². The van der Waals surface area contributed by atoms with Crippen LogP contribution < -0.4 is 5.32 Å². The van der Waals surface area contributed by atoms with Crippen molar-refractivity contribution in [2.24, 2.45) is 0 Å². The van der Waals surface area contributed by atoms with Crippen molar-refractivity contribution in [3.63, 3.8) is 0 Å². The second-order valence-corrected chi connectivity index (χ2v) is 3.96. The second-order valence-electron chi connectivity index (χ2n) is 3.11. The molecule has 2 rings (SSSR count). The quantitative estimate of drug-likeness (QED) is 0.666. The highest BCUT2D eigenvalue weighted by atomic mass is 35.5. The van der Waals surface area contributed by atoms with Gasteiger partial charge in [0, 0.05) is 11.9 Å². The van der Waals surface area contributed by atoms with Crippen LogP contribution in [-0.4, -0.2) is 0 Å². The molecule has 0 aliphatic carbocycles. The zero-order chi connectivity index (χ0) is 10.1. The summed E-state index contributed by atoms with van der Waals surface area (Å²) < 4.78 is 0. The van der Waals surface area contributed by atoms with E-state index >= 15 is 0 Å². The van der Waals surface area contributed by atoms with E-state index in [1.165, 1.54) is 0 Å². The minimum absolute atomic E-state index is 0.237. The van der Waals surface area contributed by atoms with E-state index in [4.69, 9.17) is 23.2 Å². The summed E-state index contributed by atoms with van der Waals surface area (Å²) in [5, 5.41) is 3.39. The van der Waals surface area contributed by atoms with E-state index in [-0.39, 0.29) is 5.38 Å². The van der Waals surface area contributed by atoms with Crippen LogP contribution in [0.3, 0.4) is 0 Å². The molecule has 3 heteroatoms. The van der Waals surface area contributed by atoms with Crippen molar-refractivity contribution in [2.45, 2.75) is 5.38 Å². The van der Waals surface area contributed by atoms with E-state index in [2.05, 4.69) is 11.9 Å². The molecule has 1 aromatic rings. The maximum absolute atomic E-state index is 6.21. The molecule has 72 valence electrons. The van der Waals surface area contributed by atoms with Crippen LogP contribution in [-0.2, 0) is 0 Å². The van der Waals surface area contributed by atoms with Gasteiger partial charge < -0.3 is 5.32 Å². The summed E-state index contributed by atoms with van der Waals surface area (Å²) >= 11 is 12.3. The molecule has 0 amide bonds. The predicted molar refractivity (Wildman–Crippen MR) is 61.1 cm³/mol. The van der Waals surface area contributed by atoms with Gasteiger partial charge in [0.2, 0.25) is 0 Å². The van der Waals surface area contributed by atoms with Gasteiger partial charge in [0.15, 0.2) is 0 Å². The summed E-state index contributed by atoms with van der Waals surface area (Å²) in [5.74, 6) is 0. The zero-order valence-electron chi connectivity index (χ0n) is 7.43. The molecule has 1 heterocycles. The Morgan fingerprint density at radius 2 is 2.00 bits per heavy atom. The number of benzene rings is 1. The predicted octanol–water partition coefficient (Wildman–Crippen LogP) is 3.62. The van der Waals surface area contributed by atoms with E-state index in [0.717, 1.165) is 16.8 Å². The molecule has 1 aliphatic heterocycles. The SMILES string of the molecule is C=C1NC=C(Cl)c2ccccc2C1Cl. The highest BCUT2D eigenvalue weighted by Gasteiger charge is 2.19. The topological polar surface area (TPSA) is 12.0 Å². The average molecular weight is 226 g/mol. The Balaban J connectivity index is 2.61. The third-order valence-corrected chi connectivity index (χ3v) is 2.99. The molecular formula is C11H9Cl2N. The minimum Gasteiger partial charge on any atom is -0.363 e. The molecule has 1 atom stereocenters. The normalized spacial score (nSPS) is 20.6. The van der Waals surface area contributed by atoms with Crippen molar-refractivity contribution in [1.82, 2.24) is 5.32 Å². The molecule has 1 N–H and O–H groups in total. The van der Waals surface area contributed by atoms with Crippen LogP contribution in [0.15, 0.2) is 42.7 Å². The van der Waals surface area contributed by atoms with E-state index in [0.29, 0.717) is 5.03 Å². The molecule has 0 aromatic heterocycles. The molecule has 0 saturated heterocycles. The monoisotopic (exact) mass is 225 g/mol. The van der Waals surface area contributed by atoms with E-state index < -0.39 is 0 Å². The van der Waals surface area contributed by atoms with Crippen LogP contribution in [0.2, 0.25) is 0 Å². The van der Waals surface area contributed by atoms with Crippen molar-refractivity contribution < 1.29 is 0 Å². The van der Waals surface area contributed by atoms with Crippen molar-refractivity contribution in [1.29, 1.82) is 0 Å². The first kappa shape index (κ1) is 9.63. The molecule has 0 spiro atoms. The zero-order valence-corrected chi connectivity index (χ0v) is 8.94. The Hall–Kier alpha value is -0.920. The van der Waals surface area contributed by atoms with Gasteiger partial charge in [-0.25, -0.2) is 0 Å². The largest absolute Gasteiger partial charge is 0.363 e. The first-order chi connectivity index (χ1) is 6.70. The Labute approximate surface area is 93.0 Å². The molecule has 0 fully saturated rings. The fourth-order valence-corrected chi connectivity index (χ4v) is 1.91. The van der Waals surface area contributed by atoms with Gasteiger partial charge in [-0.2, -0.15) is 0 Å². The second kappa shape index (κ2) is 3.68. The van der Waals surface area contributed by atoms with Crippen molar-refractivity contribution >= 4 is 28.2 Å². The van der Waals surface area contributed by atoms with Crippen LogP contribution in [0.4, 0.5) is 0 Å². The van der Waals surface area contributed by atoms with Gasteiger partial charge in [0.05, 0.1) is 10.4 Å². The molecule has 1 nitrogen and oxygen atoms in total. The third-order valence-electron chi connectivity index (χ3n) is 2.18. The van der Waals surface area contributed by atoms with Gasteiger partial charge >= 0.3 is 0 Å². The Morgan fingerprint density at radius 1 is 1.29 bits per heavy atom. The number of allylic oxidation sites excluding steroid dienone is 1. The summed E-state index contributed by atoms with van der Waals surface area (Å²) in [6.45, 7) is 3.84.